The zero-order valence-corrected chi connectivity index (χ0v) is 17.9. The third-order valence-electron chi connectivity index (χ3n) is 4.55. The Morgan fingerprint density at radius 2 is 1.71 bits per heavy atom. The van der Waals surface area contributed by atoms with E-state index < -0.39 is 34.8 Å². The average molecular weight is 471 g/mol. The number of hydrogen-bond donors (Lipinski definition) is 3. The largest absolute Gasteiger partial charge is 0.416 e. The molecular formula is C23H20F3N5O3. The van der Waals surface area contributed by atoms with E-state index in [1.54, 1.807) is 0 Å². The number of hydrogen-bond acceptors (Lipinski definition) is 4. The van der Waals surface area contributed by atoms with Crippen LogP contribution in [0.15, 0.2) is 72.0 Å². The van der Waals surface area contributed by atoms with Gasteiger partial charge in [0.2, 0.25) is 5.43 Å². The summed E-state index contributed by atoms with van der Waals surface area (Å²) in [4.78, 5) is 36.7. The number of nitrogens with one attached hydrogen (secondary N) is 3. The summed E-state index contributed by atoms with van der Waals surface area (Å²) in [6.07, 6.45) is -3.03. The molecule has 2 aromatic carbocycles. The van der Waals surface area contributed by atoms with E-state index >= 15 is 0 Å². The molecule has 11 heteroatoms. The van der Waals surface area contributed by atoms with Gasteiger partial charge in [0.25, 0.3) is 5.91 Å². The highest BCUT2D eigenvalue weighted by atomic mass is 19.4. The van der Waals surface area contributed by atoms with Gasteiger partial charge in [-0.2, -0.15) is 18.3 Å². The monoisotopic (exact) mass is 471 g/mol. The molecule has 0 fully saturated rings. The fraction of sp³-hybridized carbons (Fsp3) is 0.130. The van der Waals surface area contributed by atoms with Gasteiger partial charge in [0.05, 0.1) is 11.3 Å². The van der Waals surface area contributed by atoms with Crippen LogP contribution in [0.5, 0.6) is 0 Å². The predicted molar refractivity (Wildman–Crippen MR) is 121 cm³/mol. The first kappa shape index (κ1) is 24.2. The first-order chi connectivity index (χ1) is 16.1. The molecule has 34 heavy (non-hydrogen) atoms. The van der Waals surface area contributed by atoms with Crippen molar-refractivity contribution in [2.75, 3.05) is 17.2 Å². The highest BCUT2D eigenvalue weighted by Gasteiger charge is 2.30. The van der Waals surface area contributed by atoms with Crippen LogP contribution >= 0.6 is 0 Å². The number of urea groups is 1. The predicted octanol–water partition coefficient (Wildman–Crippen LogP) is 4.12. The Morgan fingerprint density at radius 1 is 1.06 bits per heavy atom. The van der Waals surface area contributed by atoms with Crippen LogP contribution in [0.3, 0.4) is 0 Å². The second-order valence-electron chi connectivity index (χ2n) is 7.11. The minimum atomic E-state index is -4.56. The molecule has 0 aliphatic rings. The molecule has 3 rings (SSSR count). The summed E-state index contributed by atoms with van der Waals surface area (Å²) in [5.41, 5.74) is -0.987. The van der Waals surface area contributed by atoms with E-state index in [1.807, 2.05) is 0 Å². The van der Waals surface area contributed by atoms with Crippen LogP contribution in [0, 0.1) is 6.92 Å². The Hall–Kier alpha value is -4.41. The molecule has 3 aromatic rings. The molecule has 176 valence electrons. The lowest BCUT2D eigenvalue weighted by Crippen LogP contribution is -2.28. The summed E-state index contributed by atoms with van der Waals surface area (Å²) in [6.45, 7) is 5.28. The highest BCUT2D eigenvalue weighted by Crippen LogP contribution is 2.30. The molecule has 1 aromatic heterocycles. The van der Waals surface area contributed by atoms with E-state index in [0.717, 1.165) is 22.9 Å². The number of carbonyl (C=O) groups is 2. The van der Waals surface area contributed by atoms with Gasteiger partial charge >= 0.3 is 12.2 Å². The van der Waals surface area contributed by atoms with Gasteiger partial charge in [-0.1, -0.05) is 12.1 Å². The number of rotatable bonds is 6. The second-order valence-corrected chi connectivity index (χ2v) is 7.11. The molecule has 1 heterocycles. The maximum absolute atomic E-state index is 13.1. The zero-order valence-electron chi connectivity index (χ0n) is 17.9. The Balaban J connectivity index is 1.81. The summed E-state index contributed by atoms with van der Waals surface area (Å²) in [5, 5.41) is 11.6. The van der Waals surface area contributed by atoms with Crippen molar-refractivity contribution < 1.29 is 22.8 Å². The molecule has 0 aliphatic carbocycles. The number of aryl methyl sites for hydroxylation is 1. The molecule has 8 nitrogen and oxygen atoms in total. The minimum Gasteiger partial charge on any atom is -0.334 e. The van der Waals surface area contributed by atoms with E-state index in [1.165, 1.54) is 49.4 Å². The van der Waals surface area contributed by atoms with Crippen molar-refractivity contribution >= 4 is 23.3 Å². The van der Waals surface area contributed by atoms with E-state index in [-0.39, 0.29) is 11.4 Å². The Bertz CT molecular complexity index is 1280. The van der Waals surface area contributed by atoms with Gasteiger partial charge in [-0.3, -0.25) is 9.59 Å². The Kier molecular flexibility index (Phi) is 7.15. The number of amides is 3. The molecule has 0 radical (unpaired) electrons. The van der Waals surface area contributed by atoms with Crippen LogP contribution < -0.4 is 21.4 Å². The quantitative estimate of drug-likeness (QED) is 0.471. The lowest BCUT2D eigenvalue weighted by Gasteiger charge is -2.14. The van der Waals surface area contributed by atoms with Crippen LogP contribution in [0.25, 0.3) is 5.69 Å². The van der Waals surface area contributed by atoms with Crippen molar-refractivity contribution in [1.82, 2.24) is 15.1 Å². The zero-order chi connectivity index (χ0) is 24.9. The van der Waals surface area contributed by atoms with Gasteiger partial charge in [-0.25, -0.2) is 9.48 Å². The standard InChI is InChI=1S/C23H20F3N5O3/c1-3-11-27-22(34)29-17-9-7-16(8-10-17)28-21(33)20-19(32)12-14(2)31(30-20)18-6-4-5-15(13-18)23(24,25)26/h3-10,12-13H,1,11H2,2H3,(H,28,33)(H2,27,29,34). The number of nitrogens with zero attached hydrogens (tertiary/aromatic N) is 2. The van der Waals surface area contributed by atoms with Crippen molar-refractivity contribution in [1.29, 1.82) is 0 Å². The number of carbonyl (C=O) groups excluding carboxylic acids is 2. The fourth-order valence-corrected chi connectivity index (χ4v) is 2.95. The van der Waals surface area contributed by atoms with Crippen molar-refractivity contribution in [3.8, 4) is 5.69 Å². The molecule has 0 unspecified atom stereocenters. The second kappa shape index (κ2) is 10.0. The number of halogens is 3. The normalized spacial score (nSPS) is 10.9. The van der Waals surface area contributed by atoms with Gasteiger partial charge in [0.1, 0.15) is 0 Å². The van der Waals surface area contributed by atoms with Gasteiger partial charge in [-0.05, 0) is 49.4 Å². The fourth-order valence-electron chi connectivity index (χ4n) is 2.95. The molecule has 0 saturated heterocycles. The average Bonchev–Trinajstić information content (AvgIpc) is 2.78. The first-order valence-electron chi connectivity index (χ1n) is 9.94. The summed E-state index contributed by atoms with van der Waals surface area (Å²) in [7, 11) is 0. The molecule has 3 N–H and O–H groups in total. The van der Waals surface area contributed by atoms with Crippen LogP contribution in [0.1, 0.15) is 21.7 Å². The molecule has 0 atom stereocenters. The summed E-state index contributed by atoms with van der Waals surface area (Å²) in [6, 6.07) is 11.1. The van der Waals surface area contributed by atoms with Crippen molar-refractivity contribution in [2.24, 2.45) is 0 Å². The SMILES string of the molecule is C=CCNC(=O)Nc1ccc(NC(=O)c2nn(-c3cccc(C(F)(F)F)c3)c(C)cc2=O)cc1. The van der Waals surface area contributed by atoms with Crippen molar-refractivity contribution in [3.05, 3.63) is 94.4 Å². The van der Waals surface area contributed by atoms with Crippen LogP contribution in [-0.4, -0.2) is 28.3 Å². The summed E-state index contributed by atoms with van der Waals surface area (Å²) < 4.78 is 40.3. The van der Waals surface area contributed by atoms with Gasteiger partial charge in [0.15, 0.2) is 5.69 Å². The topological polar surface area (TPSA) is 105 Å². The Labute approximate surface area is 192 Å². The van der Waals surface area contributed by atoms with E-state index in [0.29, 0.717) is 17.9 Å². The number of aromatic nitrogens is 2. The number of benzene rings is 2. The smallest absolute Gasteiger partial charge is 0.334 e. The lowest BCUT2D eigenvalue weighted by atomic mass is 10.2. The number of anilines is 2. The van der Waals surface area contributed by atoms with Crippen molar-refractivity contribution in [2.45, 2.75) is 13.1 Å². The maximum atomic E-state index is 13.1. The highest BCUT2D eigenvalue weighted by molar-refractivity contribution is 6.02. The van der Waals surface area contributed by atoms with Crippen LogP contribution in [0.4, 0.5) is 29.3 Å². The van der Waals surface area contributed by atoms with E-state index in [9.17, 15) is 27.6 Å². The molecule has 0 saturated carbocycles. The minimum absolute atomic E-state index is 0.0477. The molecule has 0 aliphatic heterocycles. The van der Waals surface area contributed by atoms with Crippen molar-refractivity contribution in [3.63, 3.8) is 0 Å². The van der Waals surface area contributed by atoms with Crippen LogP contribution in [0.2, 0.25) is 0 Å². The van der Waals surface area contributed by atoms with Gasteiger partial charge < -0.3 is 16.0 Å². The molecule has 0 spiro atoms. The summed E-state index contributed by atoms with van der Waals surface area (Å²) >= 11 is 0. The lowest BCUT2D eigenvalue weighted by molar-refractivity contribution is -0.137. The van der Waals surface area contributed by atoms with Gasteiger partial charge in [0, 0.05) is 29.7 Å². The number of alkyl halides is 3. The first-order valence-corrected chi connectivity index (χ1v) is 9.94. The van der Waals surface area contributed by atoms with Crippen LogP contribution in [-0.2, 0) is 6.18 Å². The third kappa shape index (κ3) is 5.88. The Morgan fingerprint density at radius 3 is 2.32 bits per heavy atom. The molecule has 3 amide bonds. The van der Waals surface area contributed by atoms with Gasteiger partial charge in [-0.15, -0.1) is 6.58 Å². The molecule has 0 bridgehead atoms. The van der Waals surface area contributed by atoms with E-state index in [4.69, 9.17) is 0 Å². The van der Waals surface area contributed by atoms with E-state index in [2.05, 4.69) is 27.6 Å². The molecular weight excluding hydrogens is 451 g/mol. The summed E-state index contributed by atoms with van der Waals surface area (Å²) in [5.74, 6) is -0.838. The maximum Gasteiger partial charge on any atom is 0.416 e. The third-order valence-corrected chi connectivity index (χ3v) is 4.55.